The molecule has 2 unspecified atom stereocenters. The first-order valence-electron chi connectivity index (χ1n) is 18.0. The molecule has 0 amide bonds. The van der Waals surface area contributed by atoms with Crippen molar-refractivity contribution in [3.63, 3.8) is 0 Å². The summed E-state index contributed by atoms with van der Waals surface area (Å²) in [5.74, 6) is 0.564. The quantitative estimate of drug-likeness (QED) is 0.187. The summed E-state index contributed by atoms with van der Waals surface area (Å²) in [4.78, 5) is 0. The first-order valence-corrected chi connectivity index (χ1v) is 18.0. The molecule has 0 N–H and O–H groups in total. The second-order valence-electron chi connectivity index (χ2n) is 15.7. The predicted molar refractivity (Wildman–Crippen MR) is 210 cm³/mol. The third kappa shape index (κ3) is 4.01. The fourth-order valence-corrected chi connectivity index (χ4v) is 9.66. The largest absolute Gasteiger partial charge is 0.455 e. The van der Waals surface area contributed by atoms with Crippen LogP contribution in [0.1, 0.15) is 68.4 Å². The normalized spacial score (nSPS) is 19.5. The highest BCUT2D eigenvalue weighted by atomic mass is 16.3. The Bertz CT molecular complexity index is 2620. The van der Waals surface area contributed by atoms with Gasteiger partial charge in [-0.25, -0.2) is 0 Å². The average Bonchev–Trinajstić information content (AvgIpc) is 3.71. The van der Waals surface area contributed by atoms with E-state index in [-0.39, 0.29) is 16.7 Å². The van der Waals surface area contributed by atoms with Crippen LogP contribution in [0.2, 0.25) is 0 Å². The molecule has 1 aromatic heterocycles. The Morgan fingerprint density at radius 2 is 1.18 bits per heavy atom. The van der Waals surface area contributed by atoms with Crippen LogP contribution in [0.3, 0.4) is 0 Å². The van der Waals surface area contributed by atoms with Gasteiger partial charge in [0, 0.05) is 33.1 Å². The monoisotopic (exact) mass is 644 g/mol. The van der Waals surface area contributed by atoms with E-state index in [1.54, 1.807) is 0 Å². The molecule has 2 atom stereocenters. The first kappa shape index (κ1) is 29.5. The van der Waals surface area contributed by atoms with Gasteiger partial charge in [0.15, 0.2) is 0 Å². The summed E-state index contributed by atoms with van der Waals surface area (Å²) in [6.07, 6.45) is 4.91. The minimum atomic E-state index is -0.0203. The van der Waals surface area contributed by atoms with Crippen LogP contribution in [-0.2, 0) is 10.8 Å². The number of para-hydroxylation sites is 2. The number of hydrogen-bond donors (Lipinski definition) is 0. The molecule has 0 fully saturated rings. The zero-order valence-corrected chi connectivity index (χ0v) is 29.3. The lowest BCUT2D eigenvalue weighted by Crippen LogP contribution is -2.19. The van der Waals surface area contributed by atoms with Crippen molar-refractivity contribution in [1.82, 2.24) is 0 Å². The van der Waals surface area contributed by atoms with Gasteiger partial charge in [-0.05, 0) is 90.9 Å². The van der Waals surface area contributed by atoms with Crippen LogP contribution < -0.4 is 0 Å². The summed E-state index contributed by atoms with van der Waals surface area (Å²) in [5.41, 5.74) is 19.3. The van der Waals surface area contributed by atoms with Crippen molar-refractivity contribution in [2.75, 3.05) is 0 Å². The highest BCUT2D eigenvalue weighted by Gasteiger charge is 2.41. The molecule has 10 rings (SSSR count). The van der Waals surface area contributed by atoms with E-state index in [4.69, 9.17) is 4.42 Å². The molecule has 0 bridgehead atoms. The molecule has 7 aromatic rings. The number of furan rings is 1. The van der Waals surface area contributed by atoms with Gasteiger partial charge in [0.2, 0.25) is 0 Å². The molecule has 242 valence electrons. The van der Waals surface area contributed by atoms with Crippen molar-refractivity contribution in [2.24, 2.45) is 5.92 Å². The Balaban J connectivity index is 1.18. The third-order valence-electron chi connectivity index (χ3n) is 12.3. The highest BCUT2D eigenvalue weighted by molar-refractivity contribution is 6.09. The number of benzene rings is 6. The minimum Gasteiger partial charge on any atom is -0.455 e. The van der Waals surface area contributed by atoms with Crippen LogP contribution in [0.4, 0.5) is 0 Å². The molecule has 50 heavy (non-hydrogen) atoms. The highest BCUT2D eigenvalue weighted by Crippen LogP contribution is 2.55. The first-order chi connectivity index (χ1) is 24.2. The van der Waals surface area contributed by atoms with Crippen LogP contribution in [-0.4, -0.2) is 0 Å². The van der Waals surface area contributed by atoms with Gasteiger partial charge in [-0.1, -0.05) is 156 Å². The molecular formula is C49H40O. The lowest BCUT2D eigenvalue weighted by molar-refractivity contribution is 0.619. The topological polar surface area (TPSA) is 13.1 Å². The number of rotatable bonds is 3. The summed E-state index contributed by atoms with van der Waals surface area (Å²) in [6.45, 7) is 11.9. The van der Waals surface area contributed by atoms with Crippen molar-refractivity contribution in [2.45, 2.75) is 51.4 Å². The van der Waals surface area contributed by atoms with Gasteiger partial charge < -0.3 is 4.42 Å². The molecule has 3 aliphatic rings. The van der Waals surface area contributed by atoms with Gasteiger partial charge in [-0.2, -0.15) is 0 Å². The Kier molecular flexibility index (Phi) is 6.09. The average molecular weight is 645 g/mol. The predicted octanol–water partition coefficient (Wildman–Crippen LogP) is 13.3. The van der Waals surface area contributed by atoms with Crippen LogP contribution in [0.15, 0.2) is 150 Å². The van der Waals surface area contributed by atoms with E-state index in [0.717, 1.165) is 27.5 Å². The fraction of sp³-hybridized carbons (Fsp3) is 0.184. The summed E-state index contributed by atoms with van der Waals surface area (Å²) >= 11 is 0. The maximum absolute atomic E-state index is 6.61. The zero-order chi connectivity index (χ0) is 33.9. The van der Waals surface area contributed by atoms with E-state index in [2.05, 4.69) is 174 Å². The van der Waals surface area contributed by atoms with Crippen molar-refractivity contribution >= 4 is 27.5 Å². The van der Waals surface area contributed by atoms with E-state index in [9.17, 15) is 0 Å². The van der Waals surface area contributed by atoms with Crippen LogP contribution in [0.25, 0.3) is 60.9 Å². The summed E-state index contributed by atoms with van der Waals surface area (Å²) in [7, 11) is 0. The minimum absolute atomic E-state index is 0.0000868. The Hall–Kier alpha value is -5.40. The van der Waals surface area contributed by atoms with Crippen molar-refractivity contribution in [3.8, 4) is 33.4 Å². The maximum Gasteiger partial charge on any atom is 0.143 e. The van der Waals surface area contributed by atoms with Crippen LogP contribution >= 0.6 is 0 Å². The van der Waals surface area contributed by atoms with Gasteiger partial charge in [0.1, 0.15) is 11.2 Å². The SMILES string of the molecule is CC1C2=C(C=CC1c1cc(-c3ccc4c(c3)-c3ccccc3C4(C)C)cc(-c3cccc4c3oc3ccccc34)c1)C(C)(C)c1ccccc12. The zero-order valence-electron chi connectivity index (χ0n) is 29.3. The Morgan fingerprint density at radius 1 is 0.520 bits per heavy atom. The molecule has 0 saturated carbocycles. The second kappa shape index (κ2) is 10.3. The molecule has 1 nitrogen and oxygen atoms in total. The van der Waals surface area contributed by atoms with Gasteiger partial charge in [0.05, 0.1) is 0 Å². The van der Waals surface area contributed by atoms with E-state index in [1.807, 2.05) is 0 Å². The van der Waals surface area contributed by atoms with E-state index in [0.29, 0.717) is 5.92 Å². The van der Waals surface area contributed by atoms with Crippen molar-refractivity contribution in [3.05, 3.63) is 173 Å². The van der Waals surface area contributed by atoms with E-state index in [1.165, 1.54) is 66.8 Å². The molecule has 0 aliphatic heterocycles. The second-order valence-corrected chi connectivity index (χ2v) is 15.7. The molecule has 3 aliphatic carbocycles. The summed E-state index contributed by atoms with van der Waals surface area (Å²) in [5, 5.41) is 2.32. The van der Waals surface area contributed by atoms with Gasteiger partial charge in [-0.3, -0.25) is 0 Å². The fourth-order valence-electron chi connectivity index (χ4n) is 9.66. The standard InChI is InChI=1S/C49H40O/c1-29-34(22-24-44-46(29)39-15-7-10-19-42(39)49(44,4)5)32-25-31(30-21-23-43-40(28-30)36-13-6-9-18-41(36)48(43,2)3)26-33(27-32)35-16-12-17-38-37-14-8-11-20-45(37)50-47(35)38/h6-29,34H,1-5H3. The molecule has 0 spiro atoms. The Morgan fingerprint density at radius 3 is 2.02 bits per heavy atom. The summed E-state index contributed by atoms with van der Waals surface area (Å²) in [6, 6.07) is 47.4. The van der Waals surface area contributed by atoms with Crippen molar-refractivity contribution < 1.29 is 4.42 Å². The number of allylic oxidation sites excluding steroid dienone is 4. The molecule has 1 heterocycles. The van der Waals surface area contributed by atoms with Crippen LogP contribution in [0.5, 0.6) is 0 Å². The van der Waals surface area contributed by atoms with Gasteiger partial charge in [0.25, 0.3) is 0 Å². The summed E-state index contributed by atoms with van der Waals surface area (Å²) < 4.78 is 6.61. The number of fused-ring (bicyclic) bond motifs is 8. The van der Waals surface area contributed by atoms with Gasteiger partial charge in [-0.15, -0.1) is 0 Å². The molecular weight excluding hydrogens is 605 g/mol. The molecule has 1 heteroatoms. The van der Waals surface area contributed by atoms with E-state index < -0.39 is 0 Å². The Labute approximate surface area is 294 Å². The van der Waals surface area contributed by atoms with Crippen LogP contribution in [0, 0.1) is 5.92 Å². The smallest absolute Gasteiger partial charge is 0.143 e. The molecule has 0 radical (unpaired) electrons. The maximum atomic E-state index is 6.61. The molecule has 0 saturated heterocycles. The lowest BCUT2D eigenvalue weighted by Gasteiger charge is -2.31. The lowest BCUT2D eigenvalue weighted by atomic mass is 9.73. The van der Waals surface area contributed by atoms with E-state index >= 15 is 0 Å². The molecule has 6 aromatic carbocycles. The number of hydrogen-bond acceptors (Lipinski definition) is 1. The third-order valence-corrected chi connectivity index (χ3v) is 12.3. The van der Waals surface area contributed by atoms with Crippen molar-refractivity contribution in [1.29, 1.82) is 0 Å². The van der Waals surface area contributed by atoms with Gasteiger partial charge >= 0.3 is 0 Å².